The third kappa shape index (κ3) is 7.01. The molecular weight excluding hydrogens is 292 g/mol. The van der Waals surface area contributed by atoms with E-state index in [-0.39, 0.29) is 17.7 Å². The molecule has 0 aliphatic carbocycles. The van der Waals surface area contributed by atoms with Crippen LogP contribution in [-0.4, -0.2) is 30.9 Å². The summed E-state index contributed by atoms with van der Waals surface area (Å²) in [5.74, 6) is 0. The molecule has 23 heavy (non-hydrogen) atoms. The standard InChI is InChI=1S/C18H28N2O3/c1-18(2,3)23-13-15-7-4-6-14(10-15)11-19-17(21)20-12-16-8-5-9-22-16/h4,6-7,10,16H,5,8-9,11-13H2,1-3H3,(H2,19,20,21). The van der Waals surface area contributed by atoms with Crippen LogP contribution in [0.3, 0.4) is 0 Å². The Kier molecular flexibility index (Phi) is 6.42. The first-order chi connectivity index (χ1) is 10.9. The molecule has 0 saturated carbocycles. The van der Waals surface area contributed by atoms with Crippen molar-refractivity contribution in [3.8, 4) is 0 Å². The van der Waals surface area contributed by atoms with Gasteiger partial charge in [0.15, 0.2) is 0 Å². The quantitative estimate of drug-likeness (QED) is 0.847. The molecule has 1 heterocycles. The SMILES string of the molecule is CC(C)(C)OCc1cccc(CNC(=O)NCC2CCCO2)c1. The number of hydrogen-bond acceptors (Lipinski definition) is 3. The lowest BCUT2D eigenvalue weighted by Crippen LogP contribution is -2.39. The number of urea groups is 1. The Morgan fingerprint density at radius 1 is 1.30 bits per heavy atom. The van der Waals surface area contributed by atoms with E-state index in [2.05, 4.69) is 16.7 Å². The van der Waals surface area contributed by atoms with E-state index in [4.69, 9.17) is 9.47 Å². The van der Waals surface area contributed by atoms with Gasteiger partial charge in [0.2, 0.25) is 0 Å². The second kappa shape index (κ2) is 8.31. The zero-order valence-electron chi connectivity index (χ0n) is 14.4. The van der Waals surface area contributed by atoms with Crippen LogP contribution in [0.2, 0.25) is 0 Å². The summed E-state index contributed by atoms with van der Waals surface area (Å²) in [5, 5.41) is 5.73. The van der Waals surface area contributed by atoms with Crippen molar-refractivity contribution in [3.05, 3.63) is 35.4 Å². The summed E-state index contributed by atoms with van der Waals surface area (Å²) >= 11 is 0. The fourth-order valence-electron chi connectivity index (χ4n) is 2.39. The number of carbonyl (C=O) groups excluding carboxylic acids is 1. The molecule has 0 spiro atoms. The van der Waals surface area contributed by atoms with Gasteiger partial charge in [-0.25, -0.2) is 4.79 Å². The maximum Gasteiger partial charge on any atom is 0.315 e. The molecule has 2 amide bonds. The third-order valence-corrected chi connectivity index (χ3v) is 3.63. The average Bonchev–Trinajstić information content (AvgIpc) is 3.02. The Balaban J connectivity index is 1.73. The highest BCUT2D eigenvalue weighted by atomic mass is 16.5. The van der Waals surface area contributed by atoms with Gasteiger partial charge >= 0.3 is 6.03 Å². The Labute approximate surface area is 138 Å². The van der Waals surface area contributed by atoms with E-state index in [0.29, 0.717) is 19.7 Å². The predicted molar refractivity (Wildman–Crippen MR) is 90.2 cm³/mol. The number of nitrogens with one attached hydrogen (secondary N) is 2. The molecule has 1 aromatic rings. The summed E-state index contributed by atoms with van der Waals surface area (Å²) in [6.45, 7) is 8.57. The van der Waals surface area contributed by atoms with Gasteiger partial charge in [0.1, 0.15) is 0 Å². The van der Waals surface area contributed by atoms with Crippen LogP contribution < -0.4 is 10.6 Å². The van der Waals surface area contributed by atoms with Crippen LogP contribution in [0.1, 0.15) is 44.7 Å². The molecule has 0 aromatic heterocycles. The van der Waals surface area contributed by atoms with Crippen molar-refractivity contribution in [2.75, 3.05) is 13.2 Å². The van der Waals surface area contributed by atoms with Crippen molar-refractivity contribution in [2.45, 2.75) is 58.5 Å². The van der Waals surface area contributed by atoms with Crippen molar-refractivity contribution >= 4 is 6.03 Å². The smallest absolute Gasteiger partial charge is 0.315 e. The number of carbonyl (C=O) groups is 1. The largest absolute Gasteiger partial charge is 0.376 e. The summed E-state index contributed by atoms with van der Waals surface area (Å²) in [5.41, 5.74) is 2.02. The average molecular weight is 320 g/mol. The number of rotatable bonds is 6. The van der Waals surface area contributed by atoms with E-state index in [1.165, 1.54) is 0 Å². The molecule has 1 aliphatic heterocycles. The lowest BCUT2D eigenvalue weighted by molar-refractivity contribution is -0.0149. The monoisotopic (exact) mass is 320 g/mol. The van der Waals surface area contributed by atoms with E-state index in [1.54, 1.807) is 0 Å². The van der Waals surface area contributed by atoms with Crippen molar-refractivity contribution < 1.29 is 14.3 Å². The van der Waals surface area contributed by atoms with Crippen LogP contribution in [0.5, 0.6) is 0 Å². The van der Waals surface area contributed by atoms with Gasteiger partial charge in [-0.2, -0.15) is 0 Å². The third-order valence-electron chi connectivity index (χ3n) is 3.63. The Hall–Kier alpha value is -1.59. The fourth-order valence-corrected chi connectivity index (χ4v) is 2.39. The van der Waals surface area contributed by atoms with Crippen LogP contribution in [0.4, 0.5) is 4.79 Å². The topological polar surface area (TPSA) is 59.6 Å². The summed E-state index contributed by atoms with van der Waals surface area (Å²) < 4.78 is 11.3. The molecule has 2 rings (SSSR count). The zero-order chi connectivity index (χ0) is 16.7. The number of hydrogen-bond donors (Lipinski definition) is 2. The van der Waals surface area contributed by atoms with Crippen LogP contribution >= 0.6 is 0 Å². The fraction of sp³-hybridized carbons (Fsp3) is 0.611. The van der Waals surface area contributed by atoms with E-state index in [9.17, 15) is 4.79 Å². The van der Waals surface area contributed by atoms with Gasteiger partial charge in [0, 0.05) is 19.7 Å². The van der Waals surface area contributed by atoms with Crippen LogP contribution in [0, 0.1) is 0 Å². The van der Waals surface area contributed by atoms with Gasteiger partial charge in [0.05, 0.1) is 18.3 Å². The number of amides is 2. The Morgan fingerprint density at radius 3 is 2.78 bits per heavy atom. The molecule has 1 atom stereocenters. The molecule has 1 aromatic carbocycles. The molecule has 0 radical (unpaired) electrons. The van der Waals surface area contributed by atoms with Gasteiger partial charge in [0.25, 0.3) is 0 Å². The van der Waals surface area contributed by atoms with Crippen molar-refractivity contribution in [3.63, 3.8) is 0 Å². The van der Waals surface area contributed by atoms with Gasteiger partial charge in [-0.1, -0.05) is 24.3 Å². The Morgan fingerprint density at radius 2 is 2.09 bits per heavy atom. The van der Waals surface area contributed by atoms with E-state index in [1.807, 2.05) is 39.0 Å². The molecule has 5 nitrogen and oxygen atoms in total. The highest BCUT2D eigenvalue weighted by molar-refractivity contribution is 5.73. The van der Waals surface area contributed by atoms with Crippen molar-refractivity contribution in [2.24, 2.45) is 0 Å². The molecular formula is C18H28N2O3. The molecule has 0 bridgehead atoms. The minimum atomic E-state index is -0.156. The van der Waals surface area contributed by atoms with Gasteiger partial charge < -0.3 is 20.1 Å². The highest BCUT2D eigenvalue weighted by Gasteiger charge is 2.16. The second-order valence-electron chi connectivity index (χ2n) is 6.92. The zero-order valence-corrected chi connectivity index (χ0v) is 14.4. The van der Waals surface area contributed by atoms with E-state index in [0.717, 1.165) is 30.6 Å². The first kappa shape index (κ1) is 17.8. The maximum absolute atomic E-state index is 11.8. The highest BCUT2D eigenvalue weighted by Crippen LogP contribution is 2.13. The predicted octanol–water partition coefficient (Wildman–Crippen LogP) is 2.98. The van der Waals surface area contributed by atoms with Gasteiger partial charge in [-0.3, -0.25) is 0 Å². The molecule has 2 N–H and O–H groups in total. The first-order valence-electron chi connectivity index (χ1n) is 8.27. The molecule has 1 aliphatic rings. The number of benzene rings is 1. The Bertz CT molecular complexity index is 505. The maximum atomic E-state index is 11.8. The van der Waals surface area contributed by atoms with Crippen LogP contribution in [-0.2, 0) is 22.6 Å². The van der Waals surface area contributed by atoms with Crippen molar-refractivity contribution in [1.82, 2.24) is 10.6 Å². The molecule has 5 heteroatoms. The molecule has 1 saturated heterocycles. The molecule has 1 fully saturated rings. The van der Waals surface area contributed by atoms with E-state index < -0.39 is 0 Å². The summed E-state index contributed by atoms with van der Waals surface area (Å²) in [6, 6.07) is 7.93. The van der Waals surface area contributed by atoms with Gasteiger partial charge in [-0.15, -0.1) is 0 Å². The van der Waals surface area contributed by atoms with E-state index >= 15 is 0 Å². The lowest BCUT2D eigenvalue weighted by atomic mass is 10.1. The molecule has 1 unspecified atom stereocenters. The number of ether oxygens (including phenoxy) is 2. The second-order valence-corrected chi connectivity index (χ2v) is 6.92. The van der Waals surface area contributed by atoms with Crippen LogP contribution in [0.25, 0.3) is 0 Å². The lowest BCUT2D eigenvalue weighted by Gasteiger charge is -2.19. The minimum Gasteiger partial charge on any atom is -0.376 e. The summed E-state index contributed by atoms with van der Waals surface area (Å²) in [4.78, 5) is 11.8. The summed E-state index contributed by atoms with van der Waals surface area (Å²) in [7, 11) is 0. The molecule has 128 valence electrons. The minimum absolute atomic E-state index is 0.156. The van der Waals surface area contributed by atoms with Crippen LogP contribution in [0.15, 0.2) is 24.3 Å². The summed E-state index contributed by atoms with van der Waals surface area (Å²) in [6.07, 6.45) is 2.27. The normalized spacial score (nSPS) is 18.0. The van der Waals surface area contributed by atoms with Crippen molar-refractivity contribution in [1.29, 1.82) is 0 Å². The first-order valence-corrected chi connectivity index (χ1v) is 8.27. The van der Waals surface area contributed by atoms with Gasteiger partial charge in [-0.05, 0) is 44.7 Å².